The van der Waals surface area contributed by atoms with Crippen LogP contribution in [0.3, 0.4) is 0 Å². The molecule has 0 saturated heterocycles. The Labute approximate surface area is 117 Å². The number of rotatable bonds is 5. The van der Waals surface area contributed by atoms with Crippen LogP contribution in [-0.2, 0) is 13.5 Å². The first-order valence-electron chi connectivity index (χ1n) is 7.45. The summed E-state index contributed by atoms with van der Waals surface area (Å²) in [5, 5.41) is 0. The zero-order valence-electron chi connectivity index (χ0n) is 12.6. The number of aromatic nitrogens is 2. The molecule has 1 saturated carbocycles. The Kier molecular flexibility index (Phi) is 4.63. The zero-order chi connectivity index (χ0) is 13.9. The Balaban J connectivity index is 1.93. The van der Waals surface area contributed by atoms with Crippen LogP contribution in [0.15, 0.2) is 12.4 Å². The number of hydrogen-bond donors (Lipinski definition) is 1. The van der Waals surface area contributed by atoms with Gasteiger partial charge in [0.2, 0.25) is 0 Å². The Morgan fingerprint density at radius 2 is 2.16 bits per heavy atom. The van der Waals surface area contributed by atoms with Gasteiger partial charge in [-0.15, -0.1) is 0 Å². The summed E-state index contributed by atoms with van der Waals surface area (Å²) < 4.78 is 2.10. The van der Waals surface area contributed by atoms with Gasteiger partial charge in [-0.2, -0.15) is 0 Å². The van der Waals surface area contributed by atoms with Crippen LogP contribution < -0.4 is 5.73 Å². The summed E-state index contributed by atoms with van der Waals surface area (Å²) in [6.07, 6.45) is 9.97. The topological polar surface area (TPSA) is 47.1 Å². The van der Waals surface area contributed by atoms with Crippen LogP contribution in [0, 0.1) is 5.92 Å². The smallest absolute Gasteiger partial charge is 0.109 e. The molecule has 2 N–H and O–H groups in total. The standard InChI is InChI=1S/C15H28N4/c1-13-4-7-15(12-16,8-5-13)19(3)10-6-14-17-9-11-18(14)2/h9,11,13H,4-8,10,12,16H2,1-3H3. The van der Waals surface area contributed by atoms with Gasteiger partial charge >= 0.3 is 0 Å². The number of nitrogens with zero attached hydrogens (tertiary/aromatic N) is 3. The molecule has 0 amide bonds. The molecule has 0 radical (unpaired) electrons. The predicted molar refractivity (Wildman–Crippen MR) is 79.0 cm³/mol. The summed E-state index contributed by atoms with van der Waals surface area (Å²) in [6.45, 7) is 4.17. The van der Waals surface area contributed by atoms with Gasteiger partial charge in [0.1, 0.15) is 5.82 Å². The summed E-state index contributed by atoms with van der Waals surface area (Å²) in [7, 11) is 4.29. The molecule has 1 aromatic rings. The van der Waals surface area contributed by atoms with Crippen LogP contribution in [0.1, 0.15) is 38.4 Å². The fourth-order valence-electron chi connectivity index (χ4n) is 3.18. The van der Waals surface area contributed by atoms with Crippen molar-refractivity contribution in [3.8, 4) is 0 Å². The van der Waals surface area contributed by atoms with Gasteiger partial charge < -0.3 is 10.3 Å². The van der Waals surface area contributed by atoms with Crippen LogP contribution in [0.4, 0.5) is 0 Å². The molecule has 1 fully saturated rings. The highest BCUT2D eigenvalue weighted by Crippen LogP contribution is 2.35. The van der Waals surface area contributed by atoms with Gasteiger partial charge in [0, 0.05) is 44.5 Å². The lowest BCUT2D eigenvalue weighted by atomic mass is 9.76. The van der Waals surface area contributed by atoms with Gasteiger partial charge in [-0.25, -0.2) is 4.98 Å². The lowest BCUT2D eigenvalue weighted by Crippen LogP contribution is -2.54. The summed E-state index contributed by atoms with van der Waals surface area (Å²) in [4.78, 5) is 6.88. The average Bonchev–Trinajstić information content (AvgIpc) is 2.83. The highest BCUT2D eigenvalue weighted by Gasteiger charge is 2.36. The van der Waals surface area contributed by atoms with Gasteiger partial charge in [-0.05, 0) is 38.6 Å². The second kappa shape index (κ2) is 6.06. The monoisotopic (exact) mass is 264 g/mol. The molecular weight excluding hydrogens is 236 g/mol. The molecule has 4 heteroatoms. The van der Waals surface area contributed by atoms with Crippen molar-refractivity contribution in [2.75, 3.05) is 20.1 Å². The molecule has 0 spiro atoms. The first kappa shape index (κ1) is 14.5. The maximum absolute atomic E-state index is 6.10. The minimum absolute atomic E-state index is 0.220. The zero-order valence-corrected chi connectivity index (χ0v) is 12.6. The van der Waals surface area contributed by atoms with Gasteiger partial charge in [0.15, 0.2) is 0 Å². The van der Waals surface area contributed by atoms with E-state index in [1.54, 1.807) is 0 Å². The molecule has 0 atom stereocenters. The molecular formula is C15H28N4. The maximum Gasteiger partial charge on any atom is 0.109 e. The highest BCUT2D eigenvalue weighted by atomic mass is 15.2. The maximum atomic E-state index is 6.10. The van der Waals surface area contributed by atoms with E-state index in [9.17, 15) is 0 Å². The number of likely N-dealkylation sites (N-methyl/N-ethyl adjacent to an activating group) is 1. The molecule has 108 valence electrons. The van der Waals surface area contributed by atoms with Crippen molar-refractivity contribution < 1.29 is 0 Å². The summed E-state index contributed by atoms with van der Waals surface area (Å²) in [6, 6.07) is 0. The molecule has 1 aromatic heterocycles. The molecule has 0 bridgehead atoms. The molecule has 1 aliphatic carbocycles. The Hall–Kier alpha value is -0.870. The number of hydrogen-bond acceptors (Lipinski definition) is 3. The highest BCUT2D eigenvalue weighted by molar-refractivity contribution is 4.97. The summed E-state index contributed by atoms with van der Waals surface area (Å²) in [5.74, 6) is 2.02. The number of imidazole rings is 1. The van der Waals surface area contributed by atoms with Crippen LogP contribution in [0.2, 0.25) is 0 Å². The summed E-state index contributed by atoms with van der Waals surface area (Å²) >= 11 is 0. The van der Waals surface area contributed by atoms with Crippen LogP contribution in [-0.4, -0.2) is 40.1 Å². The van der Waals surface area contributed by atoms with Gasteiger partial charge in [-0.1, -0.05) is 6.92 Å². The normalized spacial score (nSPS) is 27.9. The fraction of sp³-hybridized carbons (Fsp3) is 0.800. The molecule has 0 unspecified atom stereocenters. The number of aryl methyl sites for hydroxylation is 1. The van der Waals surface area contributed by atoms with E-state index in [1.807, 2.05) is 12.4 Å². The van der Waals surface area contributed by atoms with E-state index in [1.165, 1.54) is 25.7 Å². The molecule has 2 rings (SSSR count). The first-order chi connectivity index (χ1) is 9.07. The van der Waals surface area contributed by atoms with E-state index in [0.717, 1.165) is 31.3 Å². The van der Waals surface area contributed by atoms with Crippen molar-refractivity contribution in [1.82, 2.24) is 14.5 Å². The van der Waals surface area contributed by atoms with Gasteiger partial charge in [-0.3, -0.25) is 4.90 Å². The average molecular weight is 264 g/mol. The third-order valence-electron chi connectivity index (χ3n) is 4.99. The van der Waals surface area contributed by atoms with Crippen molar-refractivity contribution in [1.29, 1.82) is 0 Å². The van der Waals surface area contributed by atoms with Crippen LogP contribution in [0.25, 0.3) is 0 Å². The van der Waals surface area contributed by atoms with Crippen molar-refractivity contribution in [3.05, 3.63) is 18.2 Å². The second-order valence-electron chi connectivity index (χ2n) is 6.24. The quantitative estimate of drug-likeness (QED) is 0.882. The van der Waals surface area contributed by atoms with Gasteiger partial charge in [0.25, 0.3) is 0 Å². The molecule has 0 aromatic carbocycles. The predicted octanol–water partition coefficient (Wildman–Crippen LogP) is 1.80. The van der Waals surface area contributed by atoms with E-state index in [4.69, 9.17) is 5.73 Å². The number of nitrogens with two attached hydrogens (primary N) is 1. The lowest BCUT2D eigenvalue weighted by molar-refractivity contribution is 0.0683. The van der Waals surface area contributed by atoms with Crippen molar-refractivity contribution >= 4 is 0 Å². The van der Waals surface area contributed by atoms with Gasteiger partial charge in [0.05, 0.1) is 0 Å². The molecule has 19 heavy (non-hydrogen) atoms. The minimum atomic E-state index is 0.220. The first-order valence-corrected chi connectivity index (χ1v) is 7.45. The van der Waals surface area contributed by atoms with E-state index < -0.39 is 0 Å². The van der Waals surface area contributed by atoms with Crippen molar-refractivity contribution in [2.24, 2.45) is 18.7 Å². The van der Waals surface area contributed by atoms with E-state index in [2.05, 4.69) is 35.5 Å². The Morgan fingerprint density at radius 3 is 2.68 bits per heavy atom. The third-order valence-corrected chi connectivity index (χ3v) is 4.99. The fourth-order valence-corrected chi connectivity index (χ4v) is 3.18. The van der Waals surface area contributed by atoms with E-state index in [-0.39, 0.29) is 5.54 Å². The van der Waals surface area contributed by atoms with E-state index >= 15 is 0 Å². The Bertz CT molecular complexity index is 391. The summed E-state index contributed by atoms with van der Waals surface area (Å²) in [5.41, 5.74) is 6.32. The molecule has 1 aliphatic rings. The largest absolute Gasteiger partial charge is 0.338 e. The molecule has 1 heterocycles. The van der Waals surface area contributed by atoms with E-state index in [0.29, 0.717) is 0 Å². The van der Waals surface area contributed by atoms with Crippen LogP contribution >= 0.6 is 0 Å². The third kappa shape index (κ3) is 3.18. The van der Waals surface area contributed by atoms with Crippen molar-refractivity contribution in [3.63, 3.8) is 0 Å². The van der Waals surface area contributed by atoms with Crippen molar-refractivity contribution in [2.45, 2.75) is 44.6 Å². The Morgan fingerprint density at radius 1 is 1.47 bits per heavy atom. The molecule has 0 aliphatic heterocycles. The lowest BCUT2D eigenvalue weighted by Gasteiger charge is -2.45. The SMILES string of the molecule is CC1CCC(CN)(N(C)CCc2nccn2C)CC1. The minimum Gasteiger partial charge on any atom is -0.338 e. The second-order valence-corrected chi connectivity index (χ2v) is 6.24. The van der Waals surface area contributed by atoms with Crippen LogP contribution in [0.5, 0.6) is 0 Å². The molecule has 4 nitrogen and oxygen atoms in total.